The lowest BCUT2D eigenvalue weighted by molar-refractivity contribution is 0.0205. The minimum absolute atomic E-state index is 0.124. The molecule has 1 fully saturated rings. The van der Waals surface area contributed by atoms with Crippen molar-refractivity contribution < 1.29 is 22.3 Å². The molecule has 0 saturated heterocycles. The van der Waals surface area contributed by atoms with E-state index in [9.17, 15) is 8.42 Å². The smallest absolute Gasteiger partial charge is 0.153 e. The fourth-order valence-electron chi connectivity index (χ4n) is 7.49. The van der Waals surface area contributed by atoms with E-state index in [4.69, 9.17) is 9.47 Å². The second kappa shape index (κ2) is 13.2. The van der Waals surface area contributed by atoms with Gasteiger partial charge in [-0.25, -0.2) is 12.8 Å². The molecule has 0 spiro atoms. The molecule has 3 aliphatic carbocycles. The van der Waals surface area contributed by atoms with Gasteiger partial charge >= 0.3 is 0 Å². The van der Waals surface area contributed by atoms with Crippen molar-refractivity contribution in [3.63, 3.8) is 0 Å². The monoisotopic (exact) mass is 598 g/mol. The van der Waals surface area contributed by atoms with Gasteiger partial charge in [-0.3, -0.25) is 0 Å². The van der Waals surface area contributed by atoms with Gasteiger partial charge in [0, 0.05) is 18.4 Å². The maximum absolute atomic E-state index is 15.4. The highest BCUT2D eigenvalue weighted by Gasteiger charge is 2.41. The van der Waals surface area contributed by atoms with Crippen LogP contribution in [0, 0.1) is 11.8 Å². The first kappa shape index (κ1) is 32.7. The highest BCUT2D eigenvalue weighted by molar-refractivity contribution is 7.92. The van der Waals surface area contributed by atoms with Crippen LogP contribution in [0.25, 0.3) is 0 Å². The van der Waals surface area contributed by atoms with Gasteiger partial charge in [0.1, 0.15) is 18.0 Å². The Morgan fingerprint density at radius 1 is 1.17 bits per heavy atom. The Morgan fingerprint density at radius 3 is 2.48 bits per heavy atom. The molecule has 1 saturated carbocycles. The first-order valence-corrected chi connectivity index (χ1v) is 17.4. The summed E-state index contributed by atoms with van der Waals surface area (Å²) >= 11 is 0. The summed E-state index contributed by atoms with van der Waals surface area (Å²) in [6.07, 6.45) is 13.1. The summed E-state index contributed by atoms with van der Waals surface area (Å²) in [7, 11) is -1.54. The molecular formula is C36H51FO4S. The first-order chi connectivity index (χ1) is 19.9. The lowest BCUT2D eigenvalue weighted by Gasteiger charge is -2.38. The molecule has 1 aliphatic heterocycles. The number of alkyl halides is 1. The first-order valence-electron chi connectivity index (χ1n) is 15.7. The van der Waals surface area contributed by atoms with Gasteiger partial charge in [-0.2, -0.15) is 0 Å². The number of allylic oxidation sites excluding steroid dienone is 10. The normalized spacial score (nSPS) is 30.3. The Balaban J connectivity index is 1.90. The number of ether oxygens (including phenoxy) is 2. The van der Waals surface area contributed by atoms with E-state index in [1.807, 2.05) is 6.92 Å². The summed E-state index contributed by atoms with van der Waals surface area (Å²) in [4.78, 5) is 0. The minimum Gasteiger partial charge on any atom is -0.493 e. The van der Waals surface area contributed by atoms with Crippen molar-refractivity contribution in [3.05, 3.63) is 81.2 Å². The van der Waals surface area contributed by atoms with Crippen LogP contribution in [0.2, 0.25) is 0 Å². The Hall–Kier alpha value is -2.18. The van der Waals surface area contributed by atoms with Crippen LogP contribution in [0.4, 0.5) is 4.39 Å². The summed E-state index contributed by atoms with van der Waals surface area (Å²) in [5.41, 5.74) is 8.05. The summed E-state index contributed by atoms with van der Waals surface area (Å²) < 4.78 is 54.7. The third kappa shape index (κ3) is 6.65. The van der Waals surface area contributed by atoms with Crippen LogP contribution in [0.1, 0.15) is 92.9 Å². The molecule has 6 heteroatoms. The topological polar surface area (TPSA) is 52.6 Å². The van der Waals surface area contributed by atoms with Crippen molar-refractivity contribution in [2.75, 3.05) is 19.5 Å². The van der Waals surface area contributed by atoms with Crippen LogP contribution in [0.3, 0.4) is 0 Å². The van der Waals surface area contributed by atoms with Crippen LogP contribution >= 0.6 is 0 Å². The SMILES string of the molecule is C=CCC1(F)CCC(C(OC)C2=CCC(S(=O)(=O)CC)C(C)C3=C2C=C(C2=C(C)OCC(C)=C2C)C=C(C)CC3)CC1. The second-order valence-electron chi connectivity index (χ2n) is 13.0. The number of hydrogen-bond donors (Lipinski definition) is 0. The van der Waals surface area contributed by atoms with Crippen molar-refractivity contribution >= 4 is 9.84 Å². The van der Waals surface area contributed by atoms with Gasteiger partial charge < -0.3 is 9.47 Å². The molecule has 232 valence electrons. The lowest BCUT2D eigenvalue weighted by atomic mass is 9.73. The van der Waals surface area contributed by atoms with E-state index in [1.54, 1.807) is 20.1 Å². The molecule has 42 heavy (non-hydrogen) atoms. The zero-order chi connectivity index (χ0) is 30.8. The van der Waals surface area contributed by atoms with Crippen molar-refractivity contribution in [2.45, 2.75) is 110 Å². The van der Waals surface area contributed by atoms with Crippen molar-refractivity contribution in [2.24, 2.45) is 11.8 Å². The molecule has 3 unspecified atom stereocenters. The van der Waals surface area contributed by atoms with Crippen molar-refractivity contribution in [1.29, 1.82) is 0 Å². The quantitative estimate of drug-likeness (QED) is 0.262. The molecule has 0 aromatic heterocycles. The zero-order valence-electron chi connectivity index (χ0n) is 26.8. The van der Waals surface area contributed by atoms with Gasteiger partial charge in [-0.05, 0) is 125 Å². The van der Waals surface area contributed by atoms with Gasteiger partial charge in [0.15, 0.2) is 9.84 Å². The average Bonchev–Trinajstić information content (AvgIpc) is 3.06. The highest BCUT2D eigenvalue weighted by Crippen LogP contribution is 2.46. The molecule has 0 amide bonds. The number of hydrogen-bond acceptors (Lipinski definition) is 4. The van der Waals surface area contributed by atoms with E-state index >= 15 is 4.39 Å². The van der Waals surface area contributed by atoms with Crippen LogP contribution in [-0.4, -0.2) is 44.9 Å². The van der Waals surface area contributed by atoms with E-state index in [0.29, 0.717) is 32.3 Å². The van der Waals surface area contributed by atoms with Crippen LogP contribution in [0.15, 0.2) is 81.2 Å². The largest absolute Gasteiger partial charge is 0.493 e. The molecule has 3 atom stereocenters. The van der Waals surface area contributed by atoms with E-state index in [-0.39, 0.29) is 23.7 Å². The predicted octanol–water partition coefficient (Wildman–Crippen LogP) is 8.85. The number of rotatable bonds is 8. The van der Waals surface area contributed by atoms with Crippen LogP contribution in [0.5, 0.6) is 0 Å². The third-order valence-electron chi connectivity index (χ3n) is 10.3. The maximum Gasteiger partial charge on any atom is 0.153 e. The Bertz CT molecular complexity index is 1360. The van der Waals surface area contributed by atoms with E-state index in [2.05, 4.69) is 52.5 Å². The number of sulfone groups is 1. The predicted molar refractivity (Wildman–Crippen MR) is 172 cm³/mol. The highest BCUT2D eigenvalue weighted by atomic mass is 32.2. The van der Waals surface area contributed by atoms with Gasteiger partial charge in [0.2, 0.25) is 0 Å². The fraction of sp³-hybridized carbons (Fsp3) is 0.611. The summed E-state index contributed by atoms with van der Waals surface area (Å²) in [5.74, 6) is 1.05. The Labute approximate surface area is 254 Å². The Kier molecular flexibility index (Phi) is 10.3. The lowest BCUT2D eigenvalue weighted by Crippen LogP contribution is -2.35. The average molecular weight is 599 g/mol. The van der Waals surface area contributed by atoms with Gasteiger partial charge in [-0.1, -0.05) is 43.2 Å². The summed E-state index contributed by atoms with van der Waals surface area (Å²) in [6.45, 7) is 16.7. The van der Waals surface area contributed by atoms with Gasteiger partial charge in [0.05, 0.1) is 11.4 Å². The van der Waals surface area contributed by atoms with Gasteiger partial charge in [-0.15, -0.1) is 6.58 Å². The van der Waals surface area contributed by atoms with Crippen molar-refractivity contribution in [1.82, 2.24) is 0 Å². The summed E-state index contributed by atoms with van der Waals surface area (Å²) in [6, 6.07) is 0. The Morgan fingerprint density at radius 2 is 1.86 bits per heavy atom. The molecule has 0 radical (unpaired) electrons. The number of methoxy groups -OCH3 is 1. The minimum atomic E-state index is -3.29. The van der Waals surface area contributed by atoms with E-state index in [0.717, 1.165) is 53.7 Å². The van der Waals surface area contributed by atoms with Gasteiger partial charge in [0.25, 0.3) is 0 Å². The molecule has 4 rings (SSSR count). The second-order valence-corrected chi connectivity index (χ2v) is 15.5. The molecular weight excluding hydrogens is 547 g/mol. The van der Waals surface area contributed by atoms with Crippen LogP contribution < -0.4 is 0 Å². The molecule has 1 heterocycles. The third-order valence-corrected chi connectivity index (χ3v) is 12.6. The standard InChI is InChI=1S/C36H51FO4S/c1-9-17-36(37)18-15-28(16-19-36)35(40-8)31-13-14-33(42(38,39)10-2)26(6)30-12-11-23(3)20-29(21-32(30)31)34-25(5)24(4)22-41-27(34)7/h9,13,20-21,26,28,33,35H,1,10-12,14-19,22H2,2-8H3. The van der Waals surface area contributed by atoms with E-state index in [1.165, 1.54) is 22.3 Å². The van der Waals surface area contributed by atoms with Crippen LogP contribution in [-0.2, 0) is 19.3 Å². The molecule has 4 nitrogen and oxygen atoms in total. The molecule has 0 aromatic carbocycles. The van der Waals surface area contributed by atoms with E-state index < -0.39 is 20.8 Å². The molecule has 0 bridgehead atoms. The molecule has 4 aliphatic rings. The van der Waals surface area contributed by atoms with Crippen molar-refractivity contribution in [3.8, 4) is 0 Å². The maximum atomic E-state index is 15.4. The summed E-state index contributed by atoms with van der Waals surface area (Å²) in [5, 5.41) is -0.483. The fourth-order valence-corrected chi connectivity index (χ4v) is 9.10. The molecule has 0 N–H and O–H groups in total. The molecule has 0 aromatic rings. The number of halogens is 1. The zero-order valence-corrected chi connectivity index (χ0v) is 27.6.